The zero-order chi connectivity index (χ0) is 18.8. The van der Waals surface area contributed by atoms with Crippen molar-refractivity contribution in [3.63, 3.8) is 0 Å². The van der Waals surface area contributed by atoms with E-state index < -0.39 is 6.09 Å². The molecule has 0 bridgehead atoms. The Labute approximate surface area is 157 Å². The number of methoxy groups -OCH3 is 1. The number of aromatic nitrogens is 2. The fraction of sp³-hybridized carbons (Fsp3) is 0.286. The molecule has 2 N–H and O–H groups in total. The Morgan fingerprint density at radius 3 is 2.81 bits per heavy atom. The van der Waals surface area contributed by atoms with Crippen LogP contribution in [0, 0.1) is 0 Å². The van der Waals surface area contributed by atoms with Gasteiger partial charge in [0, 0.05) is 17.1 Å². The Morgan fingerprint density at radius 2 is 2.11 bits per heavy atom. The molecule has 1 amide bonds. The second-order valence-electron chi connectivity index (χ2n) is 6.81. The maximum atomic E-state index is 10.7. The van der Waals surface area contributed by atoms with E-state index in [1.807, 2.05) is 18.2 Å². The highest BCUT2D eigenvalue weighted by atomic mass is 16.5. The summed E-state index contributed by atoms with van der Waals surface area (Å²) in [6.07, 6.45) is 4.43. The Hall–Kier alpha value is -3.15. The van der Waals surface area contributed by atoms with Gasteiger partial charge in [0.1, 0.15) is 5.75 Å². The van der Waals surface area contributed by atoms with Crippen LogP contribution < -0.4 is 10.1 Å². The Morgan fingerprint density at radius 1 is 1.26 bits per heavy atom. The van der Waals surface area contributed by atoms with E-state index in [1.54, 1.807) is 13.3 Å². The molecule has 1 aliphatic rings. The lowest BCUT2D eigenvalue weighted by Gasteiger charge is -2.26. The minimum Gasteiger partial charge on any atom is -0.496 e. The molecule has 0 saturated heterocycles. The van der Waals surface area contributed by atoms with Gasteiger partial charge < -0.3 is 15.2 Å². The fourth-order valence-corrected chi connectivity index (χ4v) is 3.39. The Bertz CT molecular complexity index is 999. The topological polar surface area (TPSA) is 84.3 Å². The fourth-order valence-electron chi connectivity index (χ4n) is 3.39. The van der Waals surface area contributed by atoms with Crippen molar-refractivity contribution in [2.45, 2.75) is 31.7 Å². The van der Waals surface area contributed by atoms with Crippen molar-refractivity contribution in [2.75, 3.05) is 7.11 Å². The smallest absolute Gasteiger partial charge is 0.404 e. The highest BCUT2D eigenvalue weighted by Crippen LogP contribution is 2.40. The number of hydrogen-bond donors (Lipinski definition) is 2. The molecular formula is C21H21N3O3. The molecule has 6 nitrogen and oxygen atoms in total. The van der Waals surface area contributed by atoms with E-state index in [4.69, 9.17) is 14.8 Å². The van der Waals surface area contributed by atoms with E-state index in [2.05, 4.69) is 28.5 Å². The second-order valence-corrected chi connectivity index (χ2v) is 6.81. The van der Waals surface area contributed by atoms with Crippen molar-refractivity contribution in [1.29, 1.82) is 0 Å². The first-order valence-corrected chi connectivity index (χ1v) is 9.05. The maximum absolute atomic E-state index is 10.7. The molecule has 1 aromatic carbocycles. The number of rotatable bonds is 5. The predicted octanol–water partition coefficient (Wildman–Crippen LogP) is 4.34. The van der Waals surface area contributed by atoms with Gasteiger partial charge in [0.25, 0.3) is 0 Å². The van der Waals surface area contributed by atoms with Gasteiger partial charge in [-0.25, -0.2) is 9.78 Å². The van der Waals surface area contributed by atoms with Crippen LogP contribution >= 0.6 is 0 Å². The average molecular weight is 363 g/mol. The first-order chi connectivity index (χ1) is 13.1. The van der Waals surface area contributed by atoms with Gasteiger partial charge >= 0.3 is 6.09 Å². The number of carbonyl (C=O) groups is 1. The summed E-state index contributed by atoms with van der Waals surface area (Å²) in [5.41, 5.74) is 4.50. The number of nitrogens with zero attached hydrogens (tertiary/aromatic N) is 2. The number of fused-ring (bicyclic) bond motifs is 1. The molecule has 3 aromatic rings. The maximum Gasteiger partial charge on any atom is 0.404 e. The van der Waals surface area contributed by atoms with Crippen molar-refractivity contribution >= 4 is 17.0 Å². The molecule has 138 valence electrons. The summed E-state index contributed by atoms with van der Waals surface area (Å²) in [4.78, 5) is 19.7. The molecule has 0 radical (unpaired) electrons. The zero-order valence-electron chi connectivity index (χ0n) is 15.1. The van der Waals surface area contributed by atoms with Crippen LogP contribution in [0.1, 0.15) is 36.4 Å². The molecular weight excluding hydrogens is 342 g/mol. The number of pyridine rings is 2. The second kappa shape index (κ2) is 7.23. The van der Waals surface area contributed by atoms with E-state index in [1.165, 1.54) is 24.8 Å². The highest BCUT2D eigenvalue weighted by molar-refractivity contribution is 5.82. The lowest BCUT2D eigenvalue weighted by Crippen LogP contribution is -2.20. The highest BCUT2D eigenvalue weighted by Gasteiger charge is 2.21. The number of ether oxygens (including phenoxy) is 1. The monoisotopic (exact) mass is 363 g/mol. The first-order valence-electron chi connectivity index (χ1n) is 9.05. The molecule has 27 heavy (non-hydrogen) atoms. The third-order valence-corrected chi connectivity index (χ3v) is 5.13. The molecule has 0 atom stereocenters. The summed E-state index contributed by atoms with van der Waals surface area (Å²) in [6.45, 7) is 0.149. The number of amides is 1. The molecule has 4 rings (SSSR count). The van der Waals surface area contributed by atoms with Gasteiger partial charge in [-0.05, 0) is 54.7 Å². The van der Waals surface area contributed by atoms with Crippen LogP contribution in [-0.4, -0.2) is 28.3 Å². The first kappa shape index (κ1) is 17.3. The van der Waals surface area contributed by atoms with Crippen molar-refractivity contribution < 1.29 is 14.6 Å². The minimum absolute atomic E-state index is 0.149. The van der Waals surface area contributed by atoms with E-state index >= 15 is 0 Å². The standard InChI is InChI=1S/C21H21N3O3/c1-27-20-9-14(13-3-2-4-13)5-7-17(20)18-8-6-15-11-22-16(10-19(15)24-18)12-23-21(25)26/h5-11,13,23H,2-4,12H2,1H3,(H,25,26). The molecule has 2 aromatic heterocycles. The Kier molecular flexibility index (Phi) is 4.62. The number of benzene rings is 1. The Balaban J connectivity index is 1.69. The summed E-state index contributed by atoms with van der Waals surface area (Å²) < 4.78 is 5.63. The third kappa shape index (κ3) is 3.56. The van der Waals surface area contributed by atoms with E-state index in [9.17, 15) is 4.79 Å². The number of hydrogen-bond acceptors (Lipinski definition) is 4. The van der Waals surface area contributed by atoms with E-state index in [0.29, 0.717) is 11.6 Å². The lowest BCUT2D eigenvalue weighted by atomic mass is 9.79. The molecule has 2 heterocycles. The van der Waals surface area contributed by atoms with Gasteiger partial charge in [0.15, 0.2) is 0 Å². The van der Waals surface area contributed by atoms with Crippen LogP contribution in [0.25, 0.3) is 22.2 Å². The van der Waals surface area contributed by atoms with Gasteiger partial charge in [-0.1, -0.05) is 12.5 Å². The molecule has 1 aliphatic carbocycles. The molecule has 6 heteroatoms. The van der Waals surface area contributed by atoms with E-state index in [0.717, 1.165) is 27.9 Å². The summed E-state index contributed by atoms with van der Waals surface area (Å²) in [6, 6.07) is 12.1. The molecule has 0 spiro atoms. The SMILES string of the molecule is COc1cc(C2CCC2)ccc1-c1ccc2cnc(CNC(=O)O)cc2n1. The summed E-state index contributed by atoms with van der Waals surface area (Å²) in [5, 5.41) is 12.0. The van der Waals surface area contributed by atoms with Crippen molar-refractivity contribution in [3.8, 4) is 17.0 Å². The normalized spacial score (nSPS) is 14.0. The van der Waals surface area contributed by atoms with Crippen molar-refractivity contribution in [1.82, 2.24) is 15.3 Å². The summed E-state index contributed by atoms with van der Waals surface area (Å²) >= 11 is 0. The molecule has 0 unspecified atom stereocenters. The molecule has 0 aliphatic heterocycles. The van der Waals surface area contributed by atoms with Crippen LogP contribution in [-0.2, 0) is 6.54 Å². The van der Waals surface area contributed by atoms with Gasteiger partial charge in [0.05, 0.1) is 30.6 Å². The quantitative estimate of drug-likeness (QED) is 0.704. The van der Waals surface area contributed by atoms with Gasteiger partial charge in [-0.3, -0.25) is 4.98 Å². The van der Waals surface area contributed by atoms with Gasteiger partial charge in [-0.15, -0.1) is 0 Å². The van der Waals surface area contributed by atoms with Crippen LogP contribution in [0.3, 0.4) is 0 Å². The molecule has 1 saturated carbocycles. The van der Waals surface area contributed by atoms with Gasteiger partial charge in [0.2, 0.25) is 0 Å². The van der Waals surface area contributed by atoms with Crippen LogP contribution in [0.15, 0.2) is 42.6 Å². The van der Waals surface area contributed by atoms with Crippen molar-refractivity contribution in [2.24, 2.45) is 0 Å². The predicted molar refractivity (Wildman–Crippen MR) is 103 cm³/mol. The zero-order valence-corrected chi connectivity index (χ0v) is 15.1. The van der Waals surface area contributed by atoms with E-state index in [-0.39, 0.29) is 6.54 Å². The lowest BCUT2D eigenvalue weighted by molar-refractivity contribution is 0.194. The van der Waals surface area contributed by atoms with Crippen LogP contribution in [0.4, 0.5) is 4.79 Å². The average Bonchev–Trinajstić information content (AvgIpc) is 2.64. The third-order valence-electron chi connectivity index (χ3n) is 5.13. The van der Waals surface area contributed by atoms with Crippen molar-refractivity contribution in [3.05, 3.63) is 53.9 Å². The van der Waals surface area contributed by atoms with Crippen LogP contribution in [0.5, 0.6) is 5.75 Å². The number of nitrogens with one attached hydrogen (secondary N) is 1. The molecule has 1 fully saturated rings. The van der Waals surface area contributed by atoms with Crippen LogP contribution in [0.2, 0.25) is 0 Å². The largest absolute Gasteiger partial charge is 0.496 e. The number of carboxylic acid groups (broad SMARTS) is 1. The minimum atomic E-state index is -1.07. The van der Waals surface area contributed by atoms with Gasteiger partial charge in [-0.2, -0.15) is 0 Å². The summed E-state index contributed by atoms with van der Waals surface area (Å²) in [5.74, 6) is 1.47. The summed E-state index contributed by atoms with van der Waals surface area (Å²) in [7, 11) is 1.68.